The van der Waals surface area contributed by atoms with Crippen LogP contribution in [0.25, 0.3) is 0 Å². The highest BCUT2D eigenvalue weighted by Crippen LogP contribution is 2.41. The lowest BCUT2D eigenvalue weighted by molar-refractivity contribution is -0.274. The van der Waals surface area contributed by atoms with E-state index in [9.17, 15) is 22.8 Å². The second-order valence-corrected chi connectivity index (χ2v) is 7.39. The van der Waals surface area contributed by atoms with Crippen molar-refractivity contribution in [3.05, 3.63) is 24.3 Å². The lowest BCUT2D eigenvalue weighted by Gasteiger charge is -2.47. The number of ether oxygens (including phenoxy) is 1. The Bertz CT molecular complexity index is 718. The number of hydrogen-bond donors (Lipinski definition) is 0. The molecule has 2 saturated heterocycles. The molecule has 10 heteroatoms. The normalized spacial score (nSPS) is 26.8. The highest BCUT2D eigenvalue weighted by atomic mass is 35.5. The molecule has 0 saturated carbocycles. The van der Waals surface area contributed by atoms with Gasteiger partial charge in [0.2, 0.25) is 5.91 Å². The number of halogens is 4. The van der Waals surface area contributed by atoms with E-state index >= 15 is 0 Å². The summed E-state index contributed by atoms with van der Waals surface area (Å²) in [6.45, 7) is 2.11. The van der Waals surface area contributed by atoms with E-state index in [0.29, 0.717) is 6.54 Å². The molecule has 2 amide bonds. The van der Waals surface area contributed by atoms with Crippen molar-refractivity contribution in [3.63, 3.8) is 0 Å². The number of benzene rings is 1. The minimum atomic E-state index is -4.80. The molecule has 0 aliphatic carbocycles. The molecule has 1 aromatic rings. The number of β-lactam (4-membered cyclic amide) rings is 1. The molecule has 2 atom stereocenters. The lowest BCUT2D eigenvalue weighted by atomic mass is 9.83. The first-order valence-corrected chi connectivity index (χ1v) is 8.89. The number of rotatable bonds is 4. The maximum atomic E-state index is 12.6. The minimum Gasteiger partial charge on any atom is -0.406 e. The van der Waals surface area contributed by atoms with Crippen LogP contribution in [0.1, 0.15) is 6.92 Å². The van der Waals surface area contributed by atoms with Crippen LogP contribution in [0.15, 0.2) is 24.3 Å². The smallest absolute Gasteiger partial charge is 0.406 e. The maximum Gasteiger partial charge on any atom is 0.573 e. The van der Waals surface area contributed by atoms with Crippen LogP contribution in [0.4, 0.5) is 18.9 Å². The number of carbonyl (C=O) groups excluding carboxylic acids is 2. The summed E-state index contributed by atoms with van der Waals surface area (Å²) >= 11 is 7.03. The molecule has 2 fully saturated rings. The Morgan fingerprint density at radius 3 is 2.72 bits per heavy atom. The summed E-state index contributed by atoms with van der Waals surface area (Å²) in [5.74, 6) is -0.529. The fraction of sp³-hybridized carbons (Fsp3) is 0.467. The third-order valence-corrected chi connectivity index (χ3v) is 5.85. The predicted octanol–water partition coefficient (Wildman–Crippen LogP) is 3.04. The van der Waals surface area contributed by atoms with Gasteiger partial charge in [-0.05, 0) is 19.1 Å². The largest absolute Gasteiger partial charge is 0.573 e. The van der Waals surface area contributed by atoms with E-state index in [-0.39, 0.29) is 29.3 Å². The number of thioether (sulfide) groups is 1. The SMILES string of the molecule is CC1(CCl)CN(C2SCN(c3cccc(OC(F)(F)F)c3)C2=O)C1=O. The number of likely N-dealkylation sites (tertiary alicyclic amines) is 1. The van der Waals surface area contributed by atoms with Crippen LogP contribution in [-0.2, 0) is 9.59 Å². The Morgan fingerprint density at radius 2 is 2.12 bits per heavy atom. The van der Waals surface area contributed by atoms with Crippen LogP contribution in [0, 0.1) is 5.41 Å². The van der Waals surface area contributed by atoms with Gasteiger partial charge in [0.1, 0.15) is 5.75 Å². The van der Waals surface area contributed by atoms with E-state index in [2.05, 4.69) is 4.74 Å². The minimum absolute atomic E-state index is 0.175. The van der Waals surface area contributed by atoms with Gasteiger partial charge in [-0.25, -0.2) is 0 Å². The Hall–Kier alpha value is -1.61. The predicted molar refractivity (Wildman–Crippen MR) is 87.4 cm³/mol. The second-order valence-electron chi connectivity index (χ2n) is 6.09. The monoisotopic (exact) mass is 394 g/mol. The quantitative estimate of drug-likeness (QED) is 0.582. The van der Waals surface area contributed by atoms with Gasteiger partial charge in [0.15, 0.2) is 5.37 Å². The zero-order valence-electron chi connectivity index (χ0n) is 13.0. The fourth-order valence-electron chi connectivity index (χ4n) is 2.75. The zero-order valence-corrected chi connectivity index (χ0v) is 14.6. The van der Waals surface area contributed by atoms with Gasteiger partial charge in [0, 0.05) is 24.2 Å². The molecular formula is C15H14ClF3N2O3S. The van der Waals surface area contributed by atoms with Gasteiger partial charge < -0.3 is 9.64 Å². The number of alkyl halides is 4. The summed E-state index contributed by atoms with van der Waals surface area (Å²) in [5.41, 5.74) is -0.370. The van der Waals surface area contributed by atoms with Crippen molar-refractivity contribution in [3.8, 4) is 5.75 Å². The Kier molecular flexibility index (Phi) is 4.57. The maximum absolute atomic E-state index is 12.6. The van der Waals surface area contributed by atoms with Crippen molar-refractivity contribution in [2.45, 2.75) is 18.7 Å². The molecule has 3 rings (SSSR count). The average molecular weight is 395 g/mol. The highest BCUT2D eigenvalue weighted by molar-refractivity contribution is 8.01. The summed E-state index contributed by atoms with van der Waals surface area (Å²) in [6, 6.07) is 5.20. The Labute approximate surface area is 151 Å². The summed E-state index contributed by atoms with van der Waals surface area (Å²) in [7, 11) is 0. The molecule has 0 spiro atoms. The van der Waals surface area contributed by atoms with Crippen LogP contribution >= 0.6 is 23.4 Å². The van der Waals surface area contributed by atoms with Crippen LogP contribution in [0.3, 0.4) is 0 Å². The summed E-state index contributed by atoms with van der Waals surface area (Å²) in [5, 5.41) is -0.684. The first-order chi connectivity index (χ1) is 11.6. The van der Waals surface area contributed by atoms with Gasteiger partial charge >= 0.3 is 6.36 Å². The second kappa shape index (κ2) is 6.28. The zero-order chi connectivity index (χ0) is 18.4. The summed E-state index contributed by atoms with van der Waals surface area (Å²) in [6.07, 6.45) is -4.80. The number of nitrogens with zero attached hydrogens (tertiary/aromatic N) is 2. The molecule has 136 valence electrons. The molecule has 1 aromatic carbocycles. The lowest BCUT2D eigenvalue weighted by Crippen LogP contribution is -2.64. The van der Waals surface area contributed by atoms with Crippen LogP contribution in [0.5, 0.6) is 5.75 Å². The number of carbonyl (C=O) groups is 2. The van der Waals surface area contributed by atoms with Crippen molar-refractivity contribution in [2.24, 2.45) is 5.41 Å². The molecule has 5 nitrogen and oxygen atoms in total. The molecule has 2 aliphatic rings. The third kappa shape index (κ3) is 3.39. The number of amides is 2. The van der Waals surface area contributed by atoms with E-state index in [4.69, 9.17) is 11.6 Å². The van der Waals surface area contributed by atoms with E-state index in [0.717, 1.165) is 12.1 Å². The van der Waals surface area contributed by atoms with Gasteiger partial charge in [0.25, 0.3) is 5.91 Å². The fourth-order valence-corrected chi connectivity index (χ4v) is 4.13. The van der Waals surface area contributed by atoms with E-state index in [1.807, 2.05) is 0 Å². The van der Waals surface area contributed by atoms with Gasteiger partial charge in [0.05, 0.1) is 11.3 Å². The summed E-state index contributed by atoms with van der Waals surface area (Å²) in [4.78, 5) is 27.6. The van der Waals surface area contributed by atoms with Gasteiger partial charge in [-0.3, -0.25) is 14.5 Å². The van der Waals surface area contributed by atoms with Crippen LogP contribution in [-0.4, -0.2) is 46.8 Å². The van der Waals surface area contributed by atoms with E-state index in [1.54, 1.807) is 6.92 Å². The van der Waals surface area contributed by atoms with Crippen molar-refractivity contribution >= 4 is 40.9 Å². The first-order valence-electron chi connectivity index (χ1n) is 7.30. The van der Waals surface area contributed by atoms with Crippen molar-refractivity contribution in [1.82, 2.24) is 4.90 Å². The molecule has 2 unspecified atom stereocenters. The number of anilines is 1. The van der Waals surface area contributed by atoms with Crippen molar-refractivity contribution in [2.75, 3.05) is 23.2 Å². The van der Waals surface area contributed by atoms with Crippen LogP contribution < -0.4 is 9.64 Å². The molecule has 0 aromatic heterocycles. The van der Waals surface area contributed by atoms with E-state index in [1.165, 1.54) is 33.7 Å². The standard InChI is InChI=1S/C15H14ClF3N2O3S/c1-14(6-16)7-20(13(14)23)12-11(22)21(8-25-12)9-3-2-4-10(5-9)24-15(17,18)19/h2-5,12H,6-8H2,1H3. The Morgan fingerprint density at radius 1 is 1.40 bits per heavy atom. The molecule has 0 radical (unpaired) electrons. The van der Waals surface area contributed by atoms with Crippen molar-refractivity contribution in [1.29, 1.82) is 0 Å². The highest BCUT2D eigenvalue weighted by Gasteiger charge is 2.54. The molecule has 25 heavy (non-hydrogen) atoms. The van der Waals surface area contributed by atoms with Gasteiger partial charge in [-0.1, -0.05) is 6.07 Å². The van der Waals surface area contributed by atoms with E-state index < -0.39 is 22.9 Å². The average Bonchev–Trinajstić information content (AvgIpc) is 2.91. The topological polar surface area (TPSA) is 49.9 Å². The third-order valence-electron chi connectivity index (χ3n) is 4.08. The summed E-state index contributed by atoms with van der Waals surface area (Å²) < 4.78 is 40.9. The molecule has 0 bridgehead atoms. The first kappa shape index (κ1) is 18.2. The van der Waals surface area contributed by atoms with Gasteiger partial charge in [-0.15, -0.1) is 36.5 Å². The molecule has 2 aliphatic heterocycles. The number of hydrogen-bond acceptors (Lipinski definition) is 4. The van der Waals surface area contributed by atoms with Crippen molar-refractivity contribution < 1.29 is 27.5 Å². The van der Waals surface area contributed by atoms with Crippen LogP contribution in [0.2, 0.25) is 0 Å². The molecular weight excluding hydrogens is 381 g/mol. The Balaban J connectivity index is 1.73. The van der Waals surface area contributed by atoms with Gasteiger partial charge in [-0.2, -0.15) is 0 Å². The molecule has 0 N–H and O–H groups in total. The molecule has 2 heterocycles.